The van der Waals surface area contributed by atoms with Gasteiger partial charge >= 0.3 is 15.6 Å². The third kappa shape index (κ3) is 14.4. The molecule has 4 aromatic rings. The van der Waals surface area contributed by atoms with Gasteiger partial charge in [0, 0.05) is 0 Å². The Morgan fingerprint density at radius 1 is 0.694 bits per heavy atom. The van der Waals surface area contributed by atoms with Gasteiger partial charge in [-0.2, -0.15) is 21.6 Å². The Balaban J connectivity index is 0.000000335. The first-order chi connectivity index (χ1) is 22.5. The minimum absolute atomic E-state index is 0.0370. The Morgan fingerprint density at radius 3 is 1.45 bits per heavy atom. The lowest BCUT2D eigenvalue weighted by atomic mass is 10.2. The van der Waals surface area contributed by atoms with Crippen molar-refractivity contribution >= 4 is 64.6 Å². The molecule has 0 bridgehead atoms. The molecular weight excluding hydrogens is 783 g/mol. The van der Waals surface area contributed by atoms with Gasteiger partial charge in [-0.15, -0.1) is 12.0 Å². The van der Waals surface area contributed by atoms with E-state index in [-0.39, 0.29) is 21.4 Å². The zero-order chi connectivity index (χ0) is 37.7. The summed E-state index contributed by atoms with van der Waals surface area (Å²) in [7, 11) is -7.39. The van der Waals surface area contributed by atoms with Crippen molar-refractivity contribution in [1.29, 1.82) is 0 Å². The van der Waals surface area contributed by atoms with Gasteiger partial charge in [-0.3, -0.25) is 0 Å². The van der Waals surface area contributed by atoms with Gasteiger partial charge in [0.25, 0.3) is 0 Å². The summed E-state index contributed by atoms with van der Waals surface area (Å²) in [5, 5.41) is 8.83. The number of hydrogen-bond donors (Lipinski definition) is 1. The van der Waals surface area contributed by atoms with Crippen molar-refractivity contribution in [3.63, 3.8) is 0 Å². The maximum Gasteiger partial charge on any atom is 0.534 e. The third-order valence-electron chi connectivity index (χ3n) is 4.97. The van der Waals surface area contributed by atoms with Crippen LogP contribution in [0.15, 0.2) is 72.8 Å². The number of benzene rings is 4. The Bertz CT molecular complexity index is 1890. The number of terminal acetylenes is 1. The van der Waals surface area contributed by atoms with E-state index in [2.05, 4.69) is 41.2 Å². The van der Waals surface area contributed by atoms with E-state index in [4.69, 9.17) is 57.9 Å². The van der Waals surface area contributed by atoms with E-state index < -0.39 is 57.7 Å². The molecule has 4 rings (SSSR count). The van der Waals surface area contributed by atoms with E-state index in [0.29, 0.717) is 16.7 Å². The van der Waals surface area contributed by atoms with Gasteiger partial charge < -0.3 is 9.29 Å². The molecule has 17 heteroatoms. The van der Waals surface area contributed by atoms with Crippen LogP contribution >= 0.6 is 46.4 Å². The van der Waals surface area contributed by atoms with Crippen LogP contribution in [0.5, 0.6) is 11.5 Å². The molecule has 0 saturated carbocycles. The number of phenols is 1. The van der Waals surface area contributed by atoms with Crippen molar-refractivity contribution in [1.82, 2.24) is 0 Å². The topological polar surface area (TPSA) is 63.6 Å². The second-order valence-corrected chi connectivity index (χ2v) is 17.9. The molecule has 0 aliphatic heterocycles. The fourth-order valence-electron chi connectivity index (χ4n) is 2.71. The first-order valence-electron chi connectivity index (χ1n) is 13.0. The summed E-state index contributed by atoms with van der Waals surface area (Å²) in [6.45, 7) is 6.32. The van der Waals surface area contributed by atoms with Crippen molar-refractivity contribution in [3.05, 3.63) is 127 Å². The maximum absolute atomic E-state index is 13.3. The summed E-state index contributed by atoms with van der Waals surface area (Å²) in [6.07, 6.45) is 4.98. The molecule has 0 spiro atoms. The molecule has 262 valence electrons. The Hall–Kier alpha value is -3.56. The van der Waals surface area contributed by atoms with Crippen LogP contribution < -0.4 is 4.18 Å². The number of alkyl halides is 3. The van der Waals surface area contributed by atoms with Gasteiger partial charge in [0.15, 0.2) is 23.1 Å². The Labute approximate surface area is 299 Å². The fourth-order valence-corrected chi connectivity index (χ4v) is 4.53. The van der Waals surface area contributed by atoms with Crippen LogP contribution in [0.3, 0.4) is 0 Å². The smallest absolute Gasteiger partial charge is 0.504 e. The normalized spacial score (nSPS) is 10.7. The van der Waals surface area contributed by atoms with E-state index in [1.165, 1.54) is 30.3 Å². The van der Waals surface area contributed by atoms with Gasteiger partial charge in [-0.1, -0.05) is 102 Å². The molecular formula is C32H23Cl4F7O4SSi. The number of phenolic OH excluding ortho intramolecular Hbond substituents is 1. The van der Waals surface area contributed by atoms with Crippen LogP contribution in [0.25, 0.3) is 0 Å². The summed E-state index contributed by atoms with van der Waals surface area (Å²) in [4.78, 5) is 0. The highest BCUT2D eigenvalue weighted by atomic mass is 35.5. The molecule has 1 N–H and O–H groups in total. The molecule has 4 nitrogen and oxygen atoms in total. The SMILES string of the molecule is C#Cc1c(F)cccc1Cl.C[Si](C)(C)C#Cc1c(F)cccc1Cl.O=S(=O)(Oc1c(F)cccc1Cl)C(F)(F)F.Oc1c(F)cccc1Cl. The van der Waals surface area contributed by atoms with Crippen LogP contribution in [0, 0.1) is 47.1 Å². The van der Waals surface area contributed by atoms with Crippen molar-refractivity contribution in [2.75, 3.05) is 0 Å². The van der Waals surface area contributed by atoms with Crippen molar-refractivity contribution < 1.29 is 48.4 Å². The first-order valence-corrected chi connectivity index (χ1v) is 19.4. The molecule has 49 heavy (non-hydrogen) atoms. The van der Waals surface area contributed by atoms with E-state index >= 15 is 0 Å². The highest BCUT2D eigenvalue weighted by Crippen LogP contribution is 2.33. The van der Waals surface area contributed by atoms with E-state index in [0.717, 1.165) is 18.2 Å². The molecule has 0 radical (unpaired) electrons. The first kappa shape index (κ1) is 43.5. The highest BCUT2D eigenvalue weighted by Gasteiger charge is 2.49. The zero-order valence-corrected chi connectivity index (χ0v) is 30.1. The zero-order valence-electron chi connectivity index (χ0n) is 25.2. The summed E-state index contributed by atoms with van der Waals surface area (Å²) in [6, 6.07) is 15.7. The molecule has 0 aliphatic carbocycles. The van der Waals surface area contributed by atoms with Gasteiger partial charge in [0.2, 0.25) is 0 Å². The summed E-state index contributed by atoms with van der Waals surface area (Å²) < 4.78 is 111. The molecule has 0 saturated heterocycles. The maximum atomic E-state index is 13.3. The predicted molar refractivity (Wildman–Crippen MR) is 181 cm³/mol. The third-order valence-corrected chi connectivity index (χ3v) is 8.03. The molecule has 4 aromatic carbocycles. The molecule has 0 fully saturated rings. The number of halogens is 11. The number of rotatable bonds is 2. The minimum atomic E-state index is -5.92. The highest BCUT2D eigenvalue weighted by molar-refractivity contribution is 7.88. The van der Waals surface area contributed by atoms with Gasteiger partial charge in [0.05, 0.1) is 31.2 Å². The van der Waals surface area contributed by atoms with Gasteiger partial charge in [-0.05, 0) is 48.5 Å². The lowest BCUT2D eigenvalue weighted by molar-refractivity contribution is -0.0500. The van der Waals surface area contributed by atoms with Crippen LogP contribution in [0.1, 0.15) is 11.1 Å². The van der Waals surface area contributed by atoms with Crippen LogP contribution in [0.2, 0.25) is 39.7 Å². The lowest BCUT2D eigenvalue weighted by Crippen LogP contribution is -2.28. The molecule has 0 heterocycles. The summed E-state index contributed by atoms with van der Waals surface area (Å²) in [5.74, 6) is 0.526. The average molecular weight is 806 g/mol. The average Bonchev–Trinajstić information content (AvgIpc) is 2.98. The summed E-state index contributed by atoms with van der Waals surface area (Å²) >= 11 is 22.0. The monoisotopic (exact) mass is 804 g/mol. The van der Waals surface area contributed by atoms with E-state index in [1.54, 1.807) is 18.2 Å². The molecule has 0 unspecified atom stereocenters. The Kier molecular flexibility index (Phi) is 16.8. The molecule has 0 aliphatic rings. The second-order valence-electron chi connectivity index (χ2n) is 9.94. The molecule has 0 amide bonds. The van der Waals surface area contributed by atoms with Crippen LogP contribution in [-0.4, -0.2) is 27.1 Å². The molecule has 0 aromatic heterocycles. The Morgan fingerprint density at radius 2 is 1.10 bits per heavy atom. The van der Waals surface area contributed by atoms with Crippen LogP contribution in [0.4, 0.5) is 30.7 Å². The van der Waals surface area contributed by atoms with Gasteiger partial charge in [0.1, 0.15) is 19.7 Å². The number of hydrogen-bond acceptors (Lipinski definition) is 4. The second kappa shape index (κ2) is 19.0. The van der Waals surface area contributed by atoms with Crippen molar-refractivity contribution in [2.45, 2.75) is 25.1 Å². The fraction of sp³-hybridized carbons (Fsp3) is 0.125. The van der Waals surface area contributed by atoms with E-state index in [1.807, 2.05) is 0 Å². The van der Waals surface area contributed by atoms with Crippen molar-refractivity contribution in [2.24, 2.45) is 0 Å². The summed E-state index contributed by atoms with van der Waals surface area (Å²) in [5.41, 5.74) is -2.11. The predicted octanol–water partition coefficient (Wildman–Crippen LogP) is 11.1. The lowest BCUT2D eigenvalue weighted by Gasteiger charge is -2.10. The standard InChI is InChI=1S/C11H12ClFSi.C8H4ClF.C7H3ClF4O3S.C6H4ClFO/c1-14(2,3)8-7-9-10(12)5-4-6-11(9)13;1-2-6-7(9)4-3-5-8(6)10;8-4-2-1-3-5(9)6(4)15-16(13,14)7(10,11)12;7-4-2-1-3-5(8)6(4)9/h4-6H,1-3H3;1,3-5H;1-3H;1-3,9H. The number of para-hydroxylation sites is 2. The van der Waals surface area contributed by atoms with Crippen LogP contribution in [-0.2, 0) is 10.1 Å². The minimum Gasteiger partial charge on any atom is -0.504 e. The molecule has 0 atom stereocenters. The van der Waals surface area contributed by atoms with E-state index in [9.17, 15) is 39.2 Å². The quantitative estimate of drug-likeness (QED) is 0.0721. The largest absolute Gasteiger partial charge is 0.534 e. The number of aromatic hydroxyl groups is 1. The van der Waals surface area contributed by atoms with Gasteiger partial charge in [-0.25, -0.2) is 17.6 Å². The van der Waals surface area contributed by atoms with Crippen molar-refractivity contribution in [3.8, 4) is 35.3 Å².